The lowest BCUT2D eigenvalue weighted by molar-refractivity contribution is 0.149. The summed E-state index contributed by atoms with van der Waals surface area (Å²) < 4.78 is 19.5. The van der Waals surface area contributed by atoms with Gasteiger partial charge in [0.1, 0.15) is 5.82 Å². The Morgan fingerprint density at radius 1 is 1.50 bits per heavy atom. The van der Waals surface area contributed by atoms with Crippen LogP contribution in [0.2, 0.25) is 0 Å². The smallest absolute Gasteiger partial charge is 0.127 e. The van der Waals surface area contributed by atoms with Gasteiger partial charge < -0.3 is 4.74 Å². The molecule has 5 heteroatoms. The molecule has 0 saturated carbocycles. The Hall–Kier alpha value is -0.490. The summed E-state index contributed by atoms with van der Waals surface area (Å²) in [4.78, 5) is 0. The van der Waals surface area contributed by atoms with Crippen molar-refractivity contribution in [1.29, 1.82) is 0 Å². The minimum Gasteiger partial charge on any atom is -0.384 e. The number of hydrogen-bond acceptors (Lipinski definition) is 3. The van der Waals surface area contributed by atoms with Gasteiger partial charge in [-0.25, -0.2) is 4.39 Å². The molecule has 0 bridgehead atoms. The minimum atomic E-state index is -0.205. The topological polar surface area (TPSA) is 47.3 Å². The van der Waals surface area contributed by atoms with Crippen molar-refractivity contribution in [3.8, 4) is 0 Å². The van der Waals surface area contributed by atoms with Crippen LogP contribution in [0.15, 0.2) is 22.7 Å². The predicted octanol–water partition coefficient (Wildman–Crippen LogP) is 2.64. The zero-order valence-electron chi connectivity index (χ0n) is 10.7. The van der Waals surface area contributed by atoms with Crippen molar-refractivity contribution in [2.24, 2.45) is 11.8 Å². The van der Waals surface area contributed by atoms with Crippen molar-refractivity contribution in [1.82, 2.24) is 5.43 Å². The van der Waals surface area contributed by atoms with Crippen LogP contribution >= 0.6 is 15.9 Å². The van der Waals surface area contributed by atoms with Gasteiger partial charge in [-0.1, -0.05) is 28.9 Å². The average Bonchev–Trinajstić information content (AvgIpc) is 2.31. The highest BCUT2D eigenvalue weighted by Crippen LogP contribution is 2.18. The van der Waals surface area contributed by atoms with Crippen LogP contribution < -0.4 is 11.3 Å². The molecule has 0 saturated heterocycles. The largest absolute Gasteiger partial charge is 0.384 e. The third kappa shape index (κ3) is 5.02. The molecule has 1 aromatic carbocycles. The standard InChI is InChI=1S/C13H20BrFN2O/c1-9(8-18-2)5-12(17-16)6-10-3-4-11(14)7-13(10)15/h3-4,7,9,12,17H,5-6,8,16H2,1-2H3. The summed E-state index contributed by atoms with van der Waals surface area (Å²) in [6.45, 7) is 2.77. The Morgan fingerprint density at radius 2 is 2.22 bits per heavy atom. The van der Waals surface area contributed by atoms with Gasteiger partial charge in [-0.3, -0.25) is 11.3 Å². The van der Waals surface area contributed by atoms with E-state index in [-0.39, 0.29) is 11.9 Å². The zero-order valence-corrected chi connectivity index (χ0v) is 12.3. The molecule has 0 amide bonds. The average molecular weight is 319 g/mol. The van der Waals surface area contributed by atoms with E-state index in [4.69, 9.17) is 10.6 Å². The second kappa shape index (κ2) is 7.84. The van der Waals surface area contributed by atoms with Gasteiger partial charge in [-0.15, -0.1) is 0 Å². The highest BCUT2D eigenvalue weighted by molar-refractivity contribution is 9.10. The fraction of sp³-hybridized carbons (Fsp3) is 0.538. The van der Waals surface area contributed by atoms with E-state index >= 15 is 0 Å². The van der Waals surface area contributed by atoms with Gasteiger partial charge in [0.15, 0.2) is 0 Å². The maximum Gasteiger partial charge on any atom is 0.127 e. The third-order valence-corrected chi connectivity index (χ3v) is 3.35. The molecule has 3 N–H and O–H groups in total. The van der Waals surface area contributed by atoms with Crippen LogP contribution in [0, 0.1) is 11.7 Å². The summed E-state index contributed by atoms with van der Waals surface area (Å²) in [5.41, 5.74) is 3.42. The number of hydrazine groups is 1. The lowest BCUT2D eigenvalue weighted by Gasteiger charge is -2.20. The van der Waals surface area contributed by atoms with Gasteiger partial charge in [-0.2, -0.15) is 0 Å². The number of nitrogens with one attached hydrogen (secondary N) is 1. The Labute approximate surface area is 116 Å². The lowest BCUT2D eigenvalue weighted by Crippen LogP contribution is -2.38. The molecule has 0 aromatic heterocycles. The van der Waals surface area contributed by atoms with Gasteiger partial charge in [0, 0.05) is 24.2 Å². The minimum absolute atomic E-state index is 0.0471. The van der Waals surface area contributed by atoms with E-state index in [0.717, 1.165) is 10.9 Å². The molecule has 3 nitrogen and oxygen atoms in total. The molecule has 0 aliphatic rings. The van der Waals surface area contributed by atoms with Crippen LogP contribution in [-0.2, 0) is 11.2 Å². The molecule has 1 rings (SSSR count). The van der Waals surface area contributed by atoms with Crippen LogP contribution in [0.5, 0.6) is 0 Å². The molecule has 2 unspecified atom stereocenters. The number of benzene rings is 1. The first-order chi connectivity index (χ1) is 8.56. The molecule has 102 valence electrons. The Balaban J connectivity index is 2.62. The van der Waals surface area contributed by atoms with Crippen LogP contribution in [-0.4, -0.2) is 19.8 Å². The molecule has 0 fully saturated rings. The quantitative estimate of drug-likeness (QED) is 0.600. The lowest BCUT2D eigenvalue weighted by atomic mass is 9.97. The maximum atomic E-state index is 13.7. The van der Waals surface area contributed by atoms with Crippen LogP contribution in [0.25, 0.3) is 0 Å². The molecule has 18 heavy (non-hydrogen) atoms. The molecular formula is C13H20BrFN2O. The van der Waals surface area contributed by atoms with Gasteiger partial charge >= 0.3 is 0 Å². The zero-order chi connectivity index (χ0) is 13.5. The van der Waals surface area contributed by atoms with Gasteiger partial charge in [0.2, 0.25) is 0 Å². The summed E-state index contributed by atoms with van der Waals surface area (Å²) in [6, 6.07) is 5.14. The van der Waals surface area contributed by atoms with E-state index in [1.54, 1.807) is 13.2 Å². The monoisotopic (exact) mass is 318 g/mol. The van der Waals surface area contributed by atoms with Crippen molar-refractivity contribution in [3.05, 3.63) is 34.1 Å². The van der Waals surface area contributed by atoms with Crippen LogP contribution in [0.3, 0.4) is 0 Å². The normalized spacial score (nSPS) is 14.5. The molecule has 0 radical (unpaired) electrons. The summed E-state index contributed by atoms with van der Waals surface area (Å²) in [7, 11) is 1.68. The predicted molar refractivity (Wildman–Crippen MR) is 74.6 cm³/mol. The molecule has 0 aliphatic carbocycles. The Kier molecular flexibility index (Phi) is 6.78. The number of methoxy groups -OCH3 is 1. The molecule has 0 aliphatic heterocycles. The first kappa shape index (κ1) is 15.6. The highest BCUT2D eigenvalue weighted by Gasteiger charge is 2.14. The number of rotatable bonds is 7. The SMILES string of the molecule is COCC(C)CC(Cc1ccc(Br)cc1F)NN. The molecule has 0 spiro atoms. The fourth-order valence-electron chi connectivity index (χ4n) is 2.00. The molecule has 1 aromatic rings. The van der Waals surface area contributed by atoms with Gasteiger partial charge in [0.25, 0.3) is 0 Å². The number of ether oxygens (including phenoxy) is 1. The maximum absolute atomic E-state index is 13.7. The van der Waals surface area contributed by atoms with Gasteiger partial charge in [-0.05, 0) is 36.5 Å². The summed E-state index contributed by atoms with van der Waals surface area (Å²) >= 11 is 3.24. The van der Waals surface area contributed by atoms with E-state index in [1.165, 1.54) is 6.07 Å². The Bertz CT molecular complexity index is 376. The van der Waals surface area contributed by atoms with Crippen LogP contribution in [0.4, 0.5) is 4.39 Å². The summed E-state index contributed by atoms with van der Waals surface area (Å²) in [5, 5.41) is 0. The van der Waals surface area contributed by atoms with E-state index < -0.39 is 0 Å². The van der Waals surface area contributed by atoms with Crippen molar-refractivity contribution in [2.45, 2.75) is 25.8 Å². The van der Waals surface area contributed by atoms with Crippen molar-refractivity contribution in [2.75, 3.05) is 13.7 Å². The summed E-state index contributed by atoms with van der Waals surface area (Å²) in [6.07, 6.45) is 1.42. The second-order valence-corrected chi connectivity index (χ2v) is 5.52. The Morgan fingerprint density at radius 3 is 2.78 bits per heavy atom. The van der Waals surface area contributed by atoms with Crippen molar-refractivity contribution < 1.29 is 9.13 Å². The van der Waals surface area contributed by atoms with E-state index in [2.05, 4.69) is 28.3 Å². The highest BCUT2D eigenvalue weighted by atomic mass is 79.9. The van der Waals surface area contributed by atoms with E-state index in [1.807, 2.05) is 6.07 Å². The fourth-order valence-corrected chi connectivity index (χ4v) is 2.33. The van der Waals surface area contributed by atoms with Crippen LogP contribution in [0.1, 0.15) is 18.9 Å². The molecular weight excluding hydrogens is 299 g/mol. The van der Waals surface area contributed by atoms with Crippen molar-refractivity contribution >= 4 is 15.9 Å². The second-order valence-electron chi connectivity index (χ2n) is 4.60. The summed E-state index contributed by atoms with van der Waals surface area (Å²) in [5.74, 6) is 5.70. The van der Waals surface area contributed by atoms with Crippen molar-refractivity contribution in [3.63, 3.8) is 0 Å². The first-order valence-corrected chi connectivity index (χ1v) is 6.75. The molecule has 2 atom stereocenters. The third-order valence-electron chi connectivity index (χ3n) is 2.86. The number of halogens is 2. The number of nitrogens with two attached hydrogens (primary N) is 1. The van der Waals surface area contributed by atoms with E-state index in [0.29, 0.717) is 24.5 Å². The van der Waals surface area contributed by atoms with E-state index in [9.17, 15) is 4.39 Å². The first-order valence-electron chi connectivity index (χ1n) is 5.95. The van der Waals surface area contributed by atoms with Gasteiger partial charge in [0.05, 0.1) is 0 Å². The number of hydrogen-bond donors (Lipinski definition) is 2. The molecule has 0 heterocycles.